The highest BCUT2D eigenvalue weighted by atomic mass is 16.3. The smallest absolute Gasteiger partial charge is 0.120 e. The maximum atomic E-state index is 9.69. The predicted molar refractivity (Wildman–Crippen MR) is 51.4 cm³/mol. The lowest BCUT2D eigenvalue weighted by Crippen LogP contribution is -2.55. The van der Waals surface area contributed by atoms with Crippen molar-refractivity contribution in [1.29, 1.82) is 0 Å². The summed E-state index contributed by atoms with van der Waals surface area (Å²) in [5.41, 5.74) is 0. The van der Waals surface area contributed by atoms with E-state index in [9.17, 15) is 5.11 Å². The molecule has 1 saturated heterocycles. The minimum atomic E-state index is -0.414. The molecule has 0 aromatic heterocycles. The van der Waals surface area contributed by atoms with Crippen molar-refractivity contribution in [1.82, 2.24) is 9.80 Å². The quantitative estimate of drug-likeness (QED) is 0.616. The van der Waals surface area contributed by atoms with Crippen molar-refractivity contribution >= 4 is 0 Å². The third kappa shape index (κ3) is 2.91. The molecule has 1 aliphatic heterocycles. The zero-order chi connectivity index (χ0) is 9.84. The standard InChI is InChI=1S/C9H20N2O2/c1-8(2)11-4-3-10(5-6-12)9(13)7-11/h8-9,12-13H,3-7H2,1-2H3. The summed E-state index contributed by atoms with van der Waals surface area (Å²) in [7, 11) is 0. The van der Waals surface area contributed by atoms with Gasteiger partial charge in [0.25, 0.3) is 0 Å². The fourth-order valence-corrected chi connectivity index (χ4v) is 1.68. The van der Waals surface area contributed by atoms with E-state index in [4.69, 9.17) is 5.11 Å². The summed E-state index contributed by atoms with van der Waals surface area (Å²) in [6, 6.07) is 0.492. The van der Waals surface area contributed by atoms with Gasteiger partial charge in [-0.05, 0) is 13.8 Å². The average Bonchev–Trinajstić information content (AvgIpc) is 2.08. The van der Waals surface area contributed by atoms with Crippen LogP contribution in [0.15, 0.2) is 0 Å². The van der Waals surface area contributed by atoms with E-state index in [0.29, 0.717) is 19.1 Å². The molecule has 1 atom stereocenters. The van der Waals surface area contributed by atoms with Gasteiger partial charge in [0.2, 0.25) is 0 Å². The van der Waals surface area contributed by atoms with Crippen LogP contribution < -0.4 is 0 Å². The molecule has 1 unspecified atom stereocenters. The summed E-state index contributed by atoms with van der Waals surface area (Å²) in [6.07, 6.45) is -0.414. The van der Waals surface area contributed by atoms with E-state index >= 15 is 0 Å². The fourth-order valence-electron chi connectivity index (χ4n) is 1.68. The molecule has 0 aliphatic carbocycles. The highest BCUT2D eigenvalue weighted by Crippen LogP contribution is 2.09. The molecule has 13 heavy (non-hydrogen) atoms. The summed E-state index contributed by atoms with van der Waals surface area (Å²) in [6.45, 7) is 7.49. The molecule has 1 heterocycles. The number of piperazine rings is 1. The molecule has 0 aromatic rings. The van der Waals surface area contributed by atoms with E-state index in [1.807, 2.05) is 4.90 Å². The van der Waals surface area contributed by atoms with Gasteiger partial charge in [-0.2, -0.15) is 0 Å². The van der Waals surface area contributed by atoms with Crippen LogP contribution in [0.3, 0.4) is 0 Å². The van der Waals surface area contributed by atoms with Crippen LogP contribution in [0.4, 0.5) is 0 Å². The van der Waals surface area contributed by atoms with Crippen molar-refractivity contribution in [2.24, 2.45) is 0 Å². The summed E-state index contributed by atoms with van der Waals surface area (Å²) >= 11 is 0. The Morgan fingerprint density at radius 2 is 2.08 bits per heavy atom. The lowest BCUT2D eigenvalue weighted by Gasteiger charge is -2.40. The molecule has 2 N–H and O–H groups in total. The van der Waals surface area contributed by atoms with Crippen LogP contribution in [0.2, 0.25) is 0 Å². The number of aliphatic hydroxyl groups excluding tert-OH is 2. The monoisotopic (exact) mass is 188 g/mol. The summed E-state index contributed by atoms with van der Waals surface area (Å²) in [5.74, 6) is 0. The van der Waals surface area contributed by atoms with Crippen molar-refractivity contribution < 1.29 is 10.2 Å². The molecule has 1 rings (SSSR count). The molecule has 0 bridgehead atoms. The Balaban J connectivity index is 2.37. The molecule has 4 heteroatoms. The first kappa shape index (κ1) is 10.9. The van der Waals surface area contributed by atoms with E-state index in [-0.39, 0.29) is 6.61 Å². The maximum absolute atomic E-state index is 9.69. The topological polar surface area (TPSA) is 46.9 Å². The molecule has 0 amide bonds. The van der Waals surface area contributed by atoms with Gasteiger partial charge in [-0.3, -0.25) is 9.80 Å². The summed E-state index contributed by atoms with van der Waals surface area (Å²) in [4.78, 5) is 4.16. The molecule has 78 valence electrons. The largest absolute Gasteiger partial charge is 0.395 e. The summed E-state index contributed by atoms with van der Waals surface area (Å²) in [5, 5.41) is 18.4. The van der Waals surface area contributed by atoms with Gasteiger partial charge in [0, 0.05) is 32.2 Å². The van der Waals surface area contributed by atoms with Gasteiger partial charge in [0.15, 0.2) is 0 Å². The van der Waals surface area contributed by atoms with Gasteiger partial charge in [-0.25, -0.2) is 0 Å². The van der Waals surface area contributed by atoms with Gasteiger partial charge in [-0.15, -0.1) is 0 Å². The zero-order valence-electron chi connectivity index (χ0n) is 8.48. The lowest BCUT2D eigenvalue weighted by molar-refractivity contribution is -0.0681. The van der Waals surface area contributed by atoms with Crippen LogP contribution >= 0.6 is 0 Å². The minimum Gasteiger partial charge on any atom is -0.395 e. The molecular formula is C9H20N2O2. The SMILES string of the molecule is CC(C)N1CCN(CCO)C(O)C1. The van der Waals surface area contributed by atoms with Gasteiger partial charge >= 0.3 is 0 Å². The maximum Gasteiger partial charge on any atom is 0.120 e. The minimum absolute atomic E-state index is 0.124. The normalized spacial score (nSPS) is 27.0. The first-order valence-corrected chi connectivity index (χ1v) is 4.92. The molecule has 1 fully saturated rings. The van der Waals surface area contributed by atoms with Crippen LogP contribution in [-0.4, -0.2) is 65.1 Å². The van der Waals surface area contributed by atoms with Crippen LogP contribution in [0.5, 0.6) is 0 Å². The third-order valence-corrected chi connectivity index (χ3v) is 2.61. The second-order valence-corrected chi connectivity index (χ2v) is 3.83. The molecule has 0 aromatic carbocycles. The Morgan fingerprint density at radius 3 is 2.54 bits per heavy atom. The average molecular weight is 188 g/mol. The number of β-amino-alcohol motifs (C(OH)–C–C–N with tert-alkyl or cyclic N) is 2. The Kier molecular flexibility index (Phi) is 4.12. The van der Waals surface area contributed by atoms with Crippen LogP contribution in [0, 0.1) is 0 Å². The van der Waals surface area contributed by atoms with Gasteiger partial charge in [0.05, 0.1) is 6.61 Å². The summed E-state index contributed by atoms with van der Waals surface area (Å²) < 4.78 is 0. The molecule has 1 aliphatic rings. The number of aliphatic hydroxyl groups is 2. The molecule has 4 nitrogen and oxygen atoms in total. The molecule has 0 radical (unpaired) electrons. The van der Waals surface area contributed by atoms with Gasteiger partial charge < -0.3 is 10.2 Å². The molecule has 0 spiro atoms. The highest BCUT2D eigenvalue weighted by Gasteiger charge is 2.25. The van der Waals surface area contributed by atoms with Crippen molar-refractivity contribution in [3.05, 3.63) is 0 Å². The third-order valence-electron chi connectivity index (χ3n) is 2.61. The van der Waals surface area contributed by atoms with E-state index in [0.717, 1.165) is 13.1 Å². The van der Waals surface area contributed by atoms with E-state index < -0.39 is 6.23 Å². The number of nitrogens with zero attached hydrogens (tertiary/aromatic N) is 2. The number of hydrogen-bond acceptors (Lipinski definition) is 4. The first-order chi connectivity index (χ1) is 6.15. The lowest BCUT2D eigenvalue weighted by atomic mass is 10.2. The van der Waals surface area contributed by atoms with Crippen LogP contribution in [-0.2, 0) is 0 Å². The van der Waals surface area contributed by atoms with Crippen molar-refractivity contribution in [2.75, 3.05) is 32.8 Å². The Bertz CT molecular complexity index is 153. The first-order valence-electron chi connectivity index (χ1n) is 4.92. The van der Waals surface area contributed by atoms with Crippen LogP contribution in [0.1, 0.15) is 13.8 Å². The van der Waals surface area contributed by atoms with Crippen molar-refractivity contribution in [3.63, 3.8) is 0 Å². The predicted octanol–water partition coefficient (Wildman–Crippen LogP) is -0.677. The van der Waals surface area contributed by atoms with Crippen LogP contribution in [0.25, 0.3) is 0 Å². The second kappa shape index (κ2) is 4.91. The van der Waals surface area contributed by atoms with Crippen molar-refractivity contribution in [3.8, 4) is 0 Å². The zero-order valence-corrected chi connectivity index (χ0v) is 8.48. The highest BCUT2D eigenvalue weighted by molar-refractivity contribution is 4.76. The number of rotatable bonds is 3. The van der Waals surface area contributed by atoms with Crippen molar-refractivity contribution in [2.45, 2.75) is 26.1 Å². The van der Waals surface area contributed by atoms with E-state index in [1.54, 1.807) is 0 Å². The van der Waals surface area contributed by atoms with E-state index in [1.165, 1.54) is 0 Å². The Hall–Kier alpha value is -0.160. The molecule has 0 saturated carbocycles. The fraction of sp³-hybridized carbons (Fsp3) is 1.00. The molecular weight excluding hydrogens is 168 g/mol. The Morgan fingerprint density at radius 1 is 1.38 bits per heavy atom. The Labute approximate surface area is 79.8 Å². The van der Waals surface area contributed by atoms with Gasteiger partial charge in [-0.1, -0.05) is 0 Å². The second-order valence-electron chi connectivity index (χ2n) is 3.83. The van der Waals surface area contributed by atoms with Gasteiger partial charge in [0.1, 0.15) is 6.23 Å². The number of hydrogen-bond donors (Lipinski definition) is 2. The van der Waals surface area contributed by atoms with E-state index in [2.05, 4.69) is 18.7 Å².